The summed E-state index contributed by atoms with van der Waals surface area (Å²) < 4.78 is 33.1. The van der Waals surface area contributed by atoms with E-state index in [0.29, 0.717) is 26.1 Å². The highest BCUT2D eigenvalue weighted by Crippen LogP contribution is 2.24. The van der Waals surface area contributed by atoms with Gasteiger partial charge in [-0.15, -0.1) is 0 Å². The molecular weight excluding hydrogens is 296 g/mol. The maximum atomic E-state index is 12.6. The summed E-state index contributed by atoms with van der Waals surface area (Å²) in [5, 5.41) is 9.17. The average molecular weight is 316 g/mol. The number of aryl methyl sites for hydroxylation is 1. The Morgan fingerprint density at radius 1 is 1.52 bits per heavy atom. The Morgan fingerprint density at radius 3 is 2.76 bits per heavy atom. The van der Waals surface area contributed by atoms with E-state index < -0.39 is 16.0 Å². The Morgan fingerprint density at radius 2 is 2.24 bits per heavy atom. The molecule has 8 heteroatoms. The van der Waals surface area contributed by atoms with Crippen molar-refractivity contribution in [2.24, 2.45) is 0 Å². The van der Waals surface area contributed by atoms with Crippen LogP contribution in [0.5, 0.6) is 0 Å². The van der Waals surface area contributed by atoms with Crippen LogP contribution >= 0.6 is 0 Å². The van der Waals surface area contributed by atoms with Crippen molar-refractivity contribution in [3.8, 4) is 0 Å². The van der Waals surface area contributed by atoms with Gasteiger partial charge in [-0.3, -0.25) is 0 Å². The Bertz CT molecular complexity index is 623. The lowest BCUT2D eigenvalue weighted by Gasteiger charge is -2.15. The molecule has 1 aromatic heterocycles. The predicted octanol–water partition coefficient (Wildman–Crippen LogP) is 1.01. The molecule has 118 valence electrons. The van der Waals surface area contributed by atoms with E-state index in [2.05, 4.69) is 0 Å². The molecule has 0 bridgehead atoms. The van der Waals surface area contributed by atoms with Gasteiger partial charge in [-0.25, -0.2) is 13.2 Å². The molecule has 2 heterocycles. The number of ether oxygens (including phenoxy) is 1. The molecule has 0 radical (unpaired) electrons. The Kier molecular flexibility index (Phi) is 4.70. The lowest BCUT2D eigenvalue weighted by molar-refractivity contribution is 0.0685. The van der Waals surface area contributed by atoms with E-state index in [1.165, 1.54) is 21.1 Å². The molecule has 0 saturated carbocycles. The zero-order valence-electron chi connectivity index (χ0n) is 12.2. The van der Waals surface area contributed by atoms with Gasteiger partial charge in [-0.05, 0) is 18.9 Å². The fourth-order valence-electron chi connectivity index (χ4n) is 2.49. The van der Waals surface area contributed by atoms with Crippen LogP contribution in [0.2, 0.25) is 0 Å². The number of sulfonamides is 1. The quantitative estimate of drug-likeness (QED) is 0.846. The van der Waals surface area contributed by atoms with Crippen LogP contribution in [-0.4, -0.2) is 54.7 Å². The van der Waals surface area contributed by atoms with Crippen LogP contribution in [0.3, 0.4) is 0 Å². The Balaban J connectivity index is 2.32. The molecule has 0 amide bonds. The summed E-state index contributed by atoms with van der Waals surface area (Å²) in [6, 6.07) is 1.23. The van der Waals surface area contributed by atoms with Crippen molar-refractivity contribution in [2.75, 3.05) is 20.2 Å². The van der Waals surface area contributed by atoms with E-state index in [9.17, 15) is 13.2 Å². The zero-order valence-corrected chi connectivity index (χ0v) is 13.0. The Hall–Kier alpha value is -1.38. The summed E-state index contributed by atoms with van der Waals surface area (Å²) in [4.78, 5) is 11.2. The number of hydrogen-bond acceptors (Lipinski definition) is 4. The molecule has 21 heavy (non-hydrogen) atoms. The number of methoxy groups -OCH3 is 1. The third kappa shape index (κ3) is 3.12. The molecule has 1 aliphatic rings. The van der Waals surface area contributed by atoms with Crippen LogP contribution in [-0.2, 0) is 21.3 Å². The first kappa shape index (κ1) is 16.0. The number of aromatic carboxylic acids is 1. The van der Waals surface area contributed by atoms with Crippen molar-refractivity contribution in [3.63, 3.8) is 0 Å². The summed E-state index contributed by atoms with van der Waals surface area (Å²) in [7, 11) is -2.11. The number of carboxylic acid groups (broad SMARTS) is 1. The van der Waals surface area contributed by atoms with Crippen LogP contribution in [0.4, 0.5) is 0 Å². The SMILES string of the molecule is CCCn1cc(S(=O)(=O)N2CCC(OC)C2)cc1C(=O)O. The molecule has 7 nitrogen and oxygen atoms in total. The molecule has 0 spiro atoms. The molecule has 1 aliphatic heterocycles. The number of aromatic nitrogens is 1. The molecule has 0 aliphatic carbocycles. The van der Waals surface area contributed by atoms with Crippen molar-refractivity contribution in [1.29, 1.82) is 0 Å². The lowest BCUT2D eigenvalue weighted by Crippen LogP contribution is -2.29. The molecule has 0 aromatic carbocycles. The third-order valence-electron chi connectivity index (χ3n) is 3.63. The molecule has 1 unspecified atom stereocenters. The summed E-state index contributed by atoms with van der Waals surface area (Å²) in [6.07, 6.45) is 2.68. The zero-order chi connectivity index (χ0) is 15.6. The minimum Gasteiger partial charge on any atom is -0.477 e. The molecular formula is C13H20N2O5S. The van der Waals surface area contributed by atoms with Gasteiger partial charge in [0.2, 0.25) is 10.0 Å². The second kappa shape index (κ2) is 6.17. The number of carboxylic acids is 1. The first-order valence-electron chi connectivity index (χ1n) is 6.86. The normalized spacial score (nSPS) is 20.0. The topological polar surface area (TPSA) is 88.8 Å². The highest BCUT2D eigenvalue weighted by atomic mass is 32.2. The minimum absolute atomic E-state index is 0.00193. The van der Waals surface area contributed by atoms with E-state index in [0.717, 1.165) is 6.42 Å². The van der Waals surface area contributed by atoms with Crippen LogP contribution in [0.1, 0.15) is 30.3 Å². The van der Waals surface area contributed by atoms with E-state index in [4.69, 9.17) is 9.84 Å². The van der Waals surface area contributed by atoms with E-state index in [-0.39, 0.29) is 16.7 Å². The highest BCUT2D eigenvalue weighted by molar-refractivity contribution is 7.89. The van der Waals surface area contributed by atoms with Crippen molar-refractivity contribution < 1.29 is 23.1 Å². The minimum atomic E-state index is -3.67. The van der Waals surface area contributed by atoms with Crippen LogP contribution in [0.25, 0.3) is 0 Å². The first-order valence-corrected chi connectivity index (χ1v) is 8.30. The van der Waals surface area contributed by atoms with Gasteiger partial charge < -0.3 is 14.4 Å². The first-order chi connectivity index (χ1) is 9.90. The largest absolute Gasteiger partial charge is 0.477 e. The van der Waals surface area contributed by atoms with Gasteiger partial charge in [-0.1, -0.05) is 6.92 Å². The maximum absolute atomic E-state index is 12.6. The van der Waals surface area contributed by atoms with Gasteiger partial charge in [-0.2, -0.15) is 4.31 Å². The fourth-order valence-corrected chi connectivity index (χ4v) is 4.01. The van der Waals surface area contributed by atoms with Crippen molar-refractivity contribution in [3.05, 3.63) is 18.0 Å². The standard InChI is InChI=1S/C13H20N2O5S/c1-3-5-14-9-11(7-12(14)13(16)17)21(18,19)15-6-4-10(8-15)20-2/h7,9-10H,3-6,8H2,1-2H3,(H,16,17). The van der Waals surface area contributed by atoms with E-state index in [1.54, 1.807) is 7.11 Å². The summed E-state index contributed by atoms with van der Waals surface area (Å²) >= 11 is 0. The van der Waals surface area contributed by atoms with Gasteiger partial charge in [0, 0.05) is 32.9 Å². The monoisotopic (exact) mass is 316 g/mol. The molecule has 2 rings (SSSR count). The van der Waals surface area contributed by atoms with Gasteiger partial charge in [0.1, 0.15) is 10.6 Å². The third-order valence-corrected chi connectivity index (χ3v) is 5.46. The lowest BCUT2D eigenvalue weighted by atomic mass is 10.3. The second-order valence-electron chi connectivity index (χ2n) is 5.07. The molecule has 1 N–H and O–H groups in total. The van der Waals surface area contributed by atoms with Crippen molar-refractivity contribution in [1.82, 2.24) is 8.87 Å². The van der Waals surface area contributed by atoms with Crippen LogP contribution in [0.15, 0.2) is 17.2 Å². The highest BCUT2D eigenvalue weighted by Gasteiger charge is 2.34. The smallest absolute Gasteiger partial charge is 0.352 e. The predicted molar refractivity (Wildman–Crippen MR) is 75.9 cm³/mol. The van der Waals surface area contributed by atoms with Gasteiger partial charge >= 0.3 is 5.97 Å². The van der Waals surface area contributed by atoms with Gasteiger partial charge in [0.05, 0.1) is 6.10 Å². The fraction of sp³-hybridized carbons (Fsp3) is 0.615. The average Bonchev–Trinajstić information content (AvgIpc) is 3.05. The van der Waals surface area contributed by atoms with Crippen molar-refractivity contribution >= 4 is 16.0 Å². The van der Waals surface area contributed by atoms with E-state index >= 15 is 0 Å². The Labute approximate surface area is 124 Å². The number of rotatable bonds is 6. The molecule has 1 atom stereocenters. The van der Waals surface area contributed by atoms with Gasteiger partial charge in [0.25, 0.3) is 0 Å². The molecule has 1 saturated heterocycles. The number of hydrogen-bond donors (Lipinski definition) is 1. The van der Waals surface area contributed by atoms with E-state index in [1.807, 2.05) is 6.92 Å². The summed E-state index contributed by atoms with van der Waals surface area (Å²) in [5.74, 6) is -1.12. The molecule has 1 aromatic rings. The number of carbonyl (C=O) groups is 1. The number of nitrogens with zero attached hydrogens (tertiary/aromatic N) is 2. The maximum Gasteiger partial charge on any atom is 0.352 e. The summed E-state index contributed by atoms with van der Waals surface area (Å²) in [5.41, 5.74) is -0.00193. The van der Waals surface area contributed by atoms with Gasteiger partial charge in [0.15, 0.2) is 0 Å². The summed E-state index contributed by atoms with van der Waals surface area (Å²) in [6.45, 7) is 3.07. The molecule has 1 fully saturated rings. The van der Waals surface area contributed by atoms with Crippen LogP contribution < -0.4 is 0 Å². The van der Waals surface area contributed by atoms with Crippen molar-refractivity contribution in [2.45, 2.75) is 37.3 Å². The van der Waals surface area contributed by atoms with Crippen LogP contribution in [0, 0.1) is 0 Å². The second-order valence-corrected chi connectivity index (χ2v) is 7.01.